The lowest BCUT2D eigenvalue weighted by molar-refractivity contribution is 0.525. The van der Waals surface area contributed by atoms with Crippen LogP contribution in [0.3, 0.4) is 0 Å². The SMILES string of the molecule is C/C=C(\C=N)C(C)(C)C.CC.CC.CC=CC.c1ccccc1. The smallest absolute Gasteiger partial charge is 0.0211 e. The van der Waals surface area contributed by atoms with Crippen molar-refractivity contribution in [1.29, 1.82) is 5.41 Å². The van der Waals surface area contributed by atoms with Gasteiger partial charge in [0, 0.05) is 6.21 Å². The molecule has 0 atom stereocenters. The summed E-state index contributed by atoms with van der Waals surface area (Å²) in [6, 6.07) is 12.0. The van der Waals surface area contributed by atoms with Gasteiger partial charge in [0.15, 0.2) is 0 Å². The van der Waals surface area contributed by atoms with Crippen molar-refractivity contribution in [2.45, 2.75) is 69.2 Å². The maximum Gasteiger partial charge on any atom is 0.0211 e. The predicted molar refractivity (Wildman–Crippen MR) is 112 cm³/mol. The van der Waals surface area contributed by atoms with Crippen molar-refractivity contribution in [1.82, 2.24) is 0 Å². The molecule has 0 unspecified atom stereocenters. The van der Waals surface area contributed by atoms with Gasteiger partial charge in [-0.25, -0.2) is 0 Å². The Balaban J connectivity index is -0.000000112. The Morgan fingerprint density at radius 1 is 0.696 bits per heavy atom. The molecule has 1 aromatic carbocycles. The third kappa shape index (κ3) is 29.1. The van der Waals surface area contributed by atoms with Crippen molar-refractivity contribution in [3.8, 4) is 0 Å². The van der Waals surface area contributed by atoms with Crippen molar-refractivity contribution in [2.24, 2.45) is 5.41 Å². The Kier molecular flexibility index (Phi) is 32.4. The van der Waals surface area contributed by atoms with Gasteiger partial charge < -0.3 is 5.41 Å². The van der Waals surface area contributed by atoms with E-state index in [0.29, 0.717) is 0 Å². The van der Waals surface area contributed by atoms with E-state index in [1.165, 1.54) is 6.21 Å². The normalized spacial score (nSPS) is 9.57. The van der Waals surface area contributed by atoms with Crippen LogP contribution in [0.5, 0.6) is 0 Å². The molecule has 134 valence electrons. The number of hydrogen-bond donors (Lipinski definition) is 1. The first kappa shape index (κ1) is 29.4. The van der Waals surface area contributed by atoms with Crippen LogP contribution in [-0.4, -0.2) is 6.21 Å². The van der Waals surface area contributed by atoms with Gasteiger partial charge in [0.05, 0.1) is 0 Å². The lowest BCUT2D eigenvalue weighted by Crippen LogP contribution is -2.09. The van der Waals surface area contributed by atoms with Crippen LogP contribution in [0.4, 0.5) is 0 Å². The highest BCUT2D eigenvalue weighted by atomic mass is 14.4. The minimum absolute atomic E-state index is 0.135. The quantitative estimate of drug-likeness (QED) is 0.401. The fourth-order valence-electron chi connectivity index (χ4n) is 1.12. The van der Waals surface area contributed by atoms with Gasteiger partial charge in [-0.1, -0.05) is 103 Å². The molecule has 1 nitrogen and oxygen atoms in total. The largest absolute Gasteiger partial charge is 0.308 e. The Labute approximate surface area is 147 Å². The molecule has 0 saturated heterocycles. The third-order valence-electron chi connectivity index (χ3n) is 2.33. The van der Waals surface area contributed by atoms with Gasteiger partial charge in [0.2, 0.25) is 0 Å². The zero-order chi connectivity index (χ0) is 19.1. The van der Waals surface area contributed by atoms with Crippen LogP contribution in [-0.2, 0) is 0 Å². The molecule has 0 spiro atoms. The summed E-state index contributed by atoms with van der Waals surface area (Å²) in [6.45, 7) is 20.3. The van der Waals surface area contributed by atoms with E-state index in [2.05, 4.69) is 20.8 Å². The summed E-state index contributed by atoms with van der Waals surface area (Å²) in [5, 5.41) is 7.02. The van der Waals surface area contributed by atoms with Gasteiger partial charge in [-0.05, 0) is 31.8 Å². The zero-order valence-corrected chi connectivity index (χ0v) is 17.3. The standard InChI is InChI=1S/C8H15N.C6H6.C4H8.2C2H6/c1-5-7(6-9)8(2,3)4;1-2-4-6-5-3-1;1-3-4-2;2*1-2/h5-6,9H,1-4H3;1-6H;3-4H,1-2H3;2*1-2H3/b7-5+,9-6?;;;;. The van der Waals surface area contributed by atoms with E-state index in [9.17, 15) is 0 Å². The summed E-state index contributed by atoms with van der Waals surface area (Å²) >= 11 is 0. The number of allylic oxidation sites excluding steroid dienone is 4. The lowest BCUT2D eigenvalue weighted by Gasteiger charge is -2.18. The molecule has 0 radical (unpaired) electrons. The summed E-state index contributed by atoms with van der Waals surface area (Å²) in [4.78, 5) is 0. The van der Waals surface area contributed by atoms with Crippen molar-refractivity contribution in [3.63, 3.8) is 0 Å². The molecule has 0 aliphatic carbocycles. The summed E-state index contributed by atoms with van der Waals surface area (Å²) < 4.78 is 0. The molecule has 0 bridgehead atoms. The summed E-state index contributed by atoms with van der Waals surface area (Å²) in [5.41, 5.74) is 1.22. The van der Waals surface area contributed by atoms with E-state index < -0.39 is 0 Å². The summed E-state index contributed by atoms with van der Waals surface area (Å²) in [7, 11) is 0. The summed E-state index contributed by atoms with van der Waals surface area (Å²) in [5.74, 6) is 0. The molecule has 1 rings (SSSR count). The van der Waals surface area contributed by atoms with Crippen LogP contribution in [0.1, 0.15) is 69.2 Å². The van der Waals surface area contributed by atoms with Gasteiger partial charge >= 0.3 is 0 Å². The van der Waals surface area contributed by atoms with Crippen LogP contribution in [0.15, 0.2) is 60.2 Å². The molecule has 0 aromatic heterocycles. The molecule has 0 aliphatic heterocycles. The third-order valence-corrected chi connectivity index (χ3v) is 2.33. The van der Waals surface area contributed by atoms with Crippen molar-refractivity contribution < 1.29 is 0 Å². The molecule has 23 heavy (non-hydrogen) atoms. The average molecular weight is 320 g/mol. The highest BCUT2D eigenvalue weighted by Crippen LogP contribution is 2.22. The number of hydrogen-bond acceptors (Lipinski definition) is 1. The van der Waals surface area contributed by atoms with E-state index in [4.69, 9.17) is 5.41 Å². The van der Waals surface area contributed by atoms with E-state index in [-0.39, 0.29) is 5.41 Å². The molecule has 0 fully saturated rings. The molecule has 1 heteroatoms. The van der Waals surface area contributed by atoms with E-state index >= 15 is 0 Å². The summed E-state index contributed by atoms with van der Waals surface area (Å²) in [6.07, 6.45) is 7.40. The van der Waals surface area contributed by atoms with Gasteiger partial charge in [0.25, 0.3) is 0 Å². The molecule has 0 aliphatic rings. The van der Waals surface area contributed by atoms with Crippen LogP contribution in [0.25, 0.3) is 0 Å². The van der Waals surface area contributed by atoms with Crippen molar-refractivity contribution in [3.05, 3.63) is 60.2 Å². The first-order chi connectivity index (χ1) is 10.9. The average Bonchev–Trinajstić information content (AvgIpc) is 2.60. The van der Waals surface area contributed by atoms with Crippen molar-refractivity contribution in [2.75, 3.05) is 0 Å². The maximum atomic E-state index is 7.02. The minimum atomic E-state index is 0.135. The van der Waals surface area contributed by atoms with Gasteiger partial charge in [-0.2, -0.15) is 0 Å². The van der Waals surface area contributed by atoms with E-state index in [1.54, 1.807) is 0 Å². The van der Waals surface area contributed by atoms with Gasteiger partial charge in [0.1, 0.15) is 0 Å². The second kappa shape index (κ2) is 25.3. The second-order valence-corrected chi connectivity index (χ2v) is 4.96. The van der Waals surface area contributed by atoms with Crippen LogP contribution >= 0.6 is 0 Å². The predicted octanol–water partition coefficient (Wildman–Crippen LogP) is 7.95. The fourth-order valence-corrected chi connectivity index (χ4v) is 1.12. The highest BCUT2D eigenvalue weighted by Gasteiger charge is 2.12. The molecular formula is C22H41N. The van der Waals surface area contributed by atoms with Crippen molar-refractivity contribution >= 4 is 6.21 Å². The molecule has 1 N–H and O–H groups in total. The Hall–Kier alpha value is -1.63. The molecular weight excluding hydrogens is 278 g/mol. The number of benzene rings is 1. The Bertz CT molecular complexity index is 323. The maximum absolute atomic E-state index is 7.02. The monoisotopic (exact) mass is 319 g/mol. The Morgan fingerprint density at radius 2 is 0.957 bits per heavy atom. The van der Waals surface area contributed by atoms with E-state index in [0.717, 1.165) is 5.57 Å². The number of rotatable bonds is 1. The van der Waals surface area contributed by atoms with Crippen LogP contribution < -0.4 is 0 Å². The molecule has 1 aromatic rings. The zero-order valence-electron chi connectivity index (χ0n) is 17.3. The topological polar surface area (TPSA) is 23.9 Å². The highest BCUT2D eigenvalue weighted by molar-refractivity contribution is 5.77. The van der Waals surface area contributed by atoms with Crippen LogP contribution in [0.2, 0.25) is 0 Å². The fraction of sp³-hybridized carbons (Fsp3) is 0.500. The first-order valence-electron chi connectivity index (χ1n) is 8.68. The van der Waals surface area contributed by atoms with E-state index in [1.807, 2.05) is 103 Å². The molecule has 0 heterocycles. The Morgan fingerprint density at radius 3 is 1.00 bits per heavy atom. The van der Waals surface area contributed by atoms with Gasteiger partial charge in [-0.15, -0.1) is 0 Å². The van der Waals surface area contributed by atoms with Gasteiger partial charge in [-0.3, -0.25) is 0 Å². The van der Waals surface area contributed by atoms with Crippen LogP contribution in [0, 0.1) is 10.8 Å². The second-order valence-electron chi connectivity index (χ2n) is 4.96. The number of nitrogens with one attached hydrogen (secondary N) is 1. The lowest BCUT2D eigenvalue weighted by atomic mass is 9.87. The minimum Gasteiger partial charge on any atom is -0.308 e. The first-order valence-corrected chi connectivity index (χ1v) is 8.68. The molecule has 0 saturated carbocycles. The molecule has 0 amide bonds.